The third-order valence-corrected chi connectivity index (χ3v) is 6.64. The minimum Gasteiger partial charge on any atom is -0.507 e. The van der Waals surface area contributed by atoms with E-state index in [0.717, 1.165) is 12.0 Å². The van der Waals surface area contributed by atoms with Gasteiger partial charge in [0.05, 0.1) is 5.56 Å². The molecule has 0 unspecified atom stereocenters. The van der Waals surface area contributed by atoms with Gasteiger partial charge in [0.2, 0.25) is 0 Å². The topological polar surface area (TPSA) is 50.4 Å². The molecule has 1 heterocycles. The van der Waals surface area contributed by atoms with Crippen molar-refractivity contribution in [2.45, 2.75) is 69.8 Å². The van der Waals surface area contributed by atoms with Crippen LogP contribution in [0, 0.1) is 5.41 Å². The van der Waals surface area contributed by atoms with Gasteiger partial charge in [-0.3, -0.25) is 0 Å². The molecule has 1 aliphatic rings. The van der Waals surface area contributed by atoms with Crippen molar-refractivity contribution in [2.24, 2.45) is 5.41 Å². The summed E-state index contributed by atoms with van der Waals surface area (Å²) in [6, 6.07) is 11.0. The van der Waals surface area contributed by atoms with Crippen molar-refractivity contribution in [1.29, 1.82) is 0 Å². The van der Waals surface area contributed by atoms with E-state index in [0.29, 0.717) is 16.6 Å². The third-order valence-electron chi connectivity index (χ3n) is 5.05. The second-order valence-electron chi connectivity index (χ2n) is 8.71. The minimum absolute atomic E-state index is 0.0471. The monoisotopic (exact) mass is 386 g/mol. The van der Waals surface area contributed by atoms with E-state index in [4.69, 9.17) is 4.42 Å². The Morgan fingerprint density at radius 2 is 1.81 bits per heavy atom. The molecule has 0 aliphatic heterocycles. The highest BCUT2D eigenvalue weighted by Gasteiger charge is 2.30. The lowest BCUT2D eigenvalue weighted by Crippen LogP contribution is -2.20. The first-order valence-corrected chi connectivity index (χ1v) is 10.9. The molecule has 1 saturated carbocycles. The van der Waals surface area contributed by atoms with Gasteiger partial charge in [-0.15, -0.1) is 11.8 Å². The van der Waals surface area contributed by atoms with Crippen molar-refractivity contribution in [2.75, 3.05) is 0 Å². The van der Waals surface area contributed by atoms with Gasteiger partial charge >= 0.3 is 5.63 Å². The second kappa shape index (κ2) is 8.55. The maximum absolute atomic E-state index is 12.9. The maximum atomic E-state index is 12.9. The molecule has 0 bridgehead atoms. The lowest BCUT2D eigenvalue weighted by molar-refractivity contribution is 0.362. The number of benzene rings is 1. The molecule has 27 heavy (non-hydrogen) atoms. The molecule has 4 heteroatoms. The average molecular weight is 387 g/mol. The Balaban J connectivity index is 1.94. The molecule has 3 nitrogen and oxygen atoms in total. The molecule has 1 N–H and O–H groups in total. The molecular formula is C23H30O3S. The summed E-state index contributed by atoms with van der Waals surface area (Å²) < 4.78 is 5.63. The van der Waals surface area contributed by atoms with Gasteiger partial charge in [0.15, 0.2) is 0 Å². The van der Waals surface area contributed by atoms with E-state index >= 15 is 0 Å². The highest BCUT2D eigenvalue weighted by Crippen LogP contribution is 2.46. The van der Waals surface area contributed by atoms with Crippen molar-refractivity contribution in [3.63, 3.8) is 0 Å². The molecule has 0 amide bonds. The van der Waals surface area contributed by atoms with Crippen LogP contribution in [-0.4, -0.2) is 10.4 Å². The van der Waals surface area contributed by atoms with Gasteiger partial charge in [0.25, 0.3) is 0 Å². The zero-order valence-corrected chi connectivity index (χ0v) is 17.3. The fourth-order valence-corrected chi connectivity index (χ4v) is 5.76. The van der Waals surface area contributed by atoms with E-state index in [1.54, 1.807) is 6.07 Å². The quantitative estimate of drug-likeness (QED) is 0.632. The van der Waals surface area contributed by atoms with E-state index in [9.17, 15) is 9.90 Å². The van der Waals surface area contributed by atoms with Crippen LogP contribution in [0.2, 0.25) is 0 Å². The number of hydrogen-bond acceptors (Lipinski definition) is 4. The Labute approximate surface area is 166 Å². The molecule has 1 aliphatic carbocycles. The predicted octanol–water partition coefficient (Wildman–Crippen LogP) is 6.56. The normalized spacial score (nSPS) is 17.0. The fourth-order valence-electron chi connectivity index (χ4n) is 3.74. The van der Waals surface area contributed by atoms with Crippen LogP contribution in [-0.2, 0) is 0 Å². The summed E-state index contributed by atoms with van der Waals surface area (Å²) in [5.41, 5.74) is 0.874. The summed E-state index contributed by atoms with van der Waals surface area (Å²) in [6.07, 6.45) is 7.04. The Hall–Kier alpha value is -1.68. The highest BCUT2D eigenvalue weighted by atomic mass is 32.2. The Morgan fingerprint density at radius 3 is 2.41 bits per heavy atom. The Bertz CT molecular complexity index is 799. The molecule has 0 radical (unpaired) electrons. The van der Waals surface area contributed by atoms with Crippen LogP contribution >= 0.6 is 11.8 Å². The molecule has 1 atom stereocenters. The zero-order valence-electron chi connectivity index (χ0n) is 16.5. The van der Waals surface area contributed by atoms with Crippen LogP contribution in [0.4, 0.5) is 0 Å². The van der Waals surface area contributed by atoms with Crippen molar-refractivity contribution < 1.29 is 9.52 Å². The van der Waals surface area contributed by atoms with E-state index in [2.05, 4.69) is 20.8 Å². The average Bonchev–Trinajstić information content (AvgIpc) is 2.61. The molecule has 1 fully saturated rings. The lowest BCUT2D eigenvalue weighted by Gasteiger charge is -2.30. The van der Waals surface area contributed by atoms with Gasteiger partial charge in [0, 0.05) is 22.1 Å². The van der Waals surface area contributed by atoms with Crippen LogP contribution in [0.1, 0.15) is 70.1 Å². The smallest absolute Gasteiger partial charge is 0.344 e. The minimum atomic E-state index is -0.411. The number of rotatable bonds is 5. The standard InChI is InChI=1S/C23H30O3S/c1-23(2,3)15-20(27-17-12-8-5-9-13-17)21-18(24)14-19(26-22(21)25)16-10-6-4-7-11-16/h4,6-7,10-11,14,17,20,24H,5,8-9,12-13,15H2,1-3H3/t20-/m0/s1. The molecule has 146 valence electrons. The van der Waals surface area contributed by atoms with Crippen LogP contribution < -0.4 is 5.63 Å². The second-order valence-corrected chi connectivity index (χ2v) is 10.2. The summed E-state index contributed by atoms with van der Waals surface area (Å²) in [5, 5.41) is 11.3. The van der Waals surface area contributed by atoms with Gasteiger partial charge in [-0.2, -0.15) is 0 Å². The first kappa shape index (κ1) is 20.1. The molecule has 0 spiro atoms. The van der Waals surface area contributed by atoms with Crippen LogP contribution in [0.3, 0.4) is 0 Å². The fraction of sp³-hybridized carbons (Fsp3) is 0.522. The van der Waals surface area contributed by atoms with Crippen LogP contribution in [0.25, 0.3) is 11.3 Å². The zero-order chi connectivity index (χ0) is 19.4. The molecule has 1 aromatic carbocycles. The van der Waals surface area contributed by atoms with Gasteiger partial charge < -0.3 is 9.52 Å². The van der Waals surface area contributed by atoms with Crippen molar-refractivity contribution in [3.05, 3.63) is 52.4 Å². The number of thioether (sulfide) groups is 1. The van der Waals surface area contributed by atoms with Crippen molar-refractivity contribution in [3.8, 4) is 17.1 Å². The van der Waals surface area contributed by atoms with Crippen molar-refractivity contribution >= 4 is 11.8 Å². The summed E-state index contributed by atoms with van der Waals surface area (Å²) in [7, 11) is 0. The third kappa shape index (κ3) is 5.41. The van der Waals surface area contributed by atoms with E-state index in [-0.39, 0.29) is 16.4 Å². The summed E-state index contributed by atoms with van der Waals surface area (Å²) in [4.78, 5) is 12.9. The first-order chi connectivity index (χ1) is 12.8. The largest absolute Gasteiger partial charge is 0.507 e. The number of aromatic hydroxyl groups is 1. The van der Waals surface area contributed by atoms with Gasteiger partial charge in [-0.25, -0.2) is 4.79 Å². The molecule has 0 saturated heterocycles. The molecule has 3 rings (SSSR count). The summed E-state index contributed by atoms with van der Waals surface area (Å²) in [6.45, 7) is 6.54. The Morgan fingerprint density at radius 1 is 1.15 bits per heavy atom. The van der Waals surface area contributed by atoms with E-state index in [1.165, 1.54) is 32.1 Å². The van der Waals surface area contributed by atoms with Crippen LogP contribution in [0.5, 0.6) is 5.75 Å². The van der Waals surface area contributed by atoms with Gasteiger partial charge in [-0.1, -0.05) is 70.4 Å². The predicted molar refractivity (Wildman–Crippen MR) is 113 cm³/mol. The van der Waals surface area contributed by atoms with Gasteiger partial charge in [-0.05, 0) is 24.7 Å². The summed E-state index contributed by atoms with van der Waals surface area (Å²) in [5.74, 6) is 0.474. The molecule has 2 aromatic rings. The van der Waals surface area contributed by atoms with E-state index < -0.39 is 5.63 Å². The molecule has 1 aromatic heterocycles. The van der Waals surface area contributed by atoms with E-state index in [1.807, 2.05) is 42.1 Å². The summed E-state index contributed by atoms with van der Waals surface area (Å²) >= 11 is 1.86. The number of hydrogen-bond donors (Lipinski definition) is 1. The van der Waals surface area contributed by atoms with Gasteiger partial charge in [0.1, 0.15) is 11.5 Å². The first-order valence-electron chi connectivity index (χ1n) is 9.91. The lowest BCUT2D eigenvalue weighted by atomic mass is 9.88. The van der Waals surface area contributed by atoms with Crippen molar-refractivity contribution in [1.82, 2.24) is 0 Å². The Kier molecular flexibility index (Phi) is 6.36. The maximum Gasteiger partial charge on any atom is 0.344 e. The van der Waals surface area contributed by atoms with Crippen LogP contribution in [0.15, 0.2) is 45.6 Å². The molecular weight excluding hydrogens is 356 g/mol. The highest BCUT2D eigenvalue weighted by molar-refractivity contribution is 8.00. The SMILES string of the molecule is CC(C)(C)C[C@H](SC1CCCCC1)c1c(O)cc(-c2ccccc2)oc1=O.